The first-order valence-corrected chi connectivity index (χ1v) is 46.9. The predicted octanol–water partition coefficient (Wildman–Crippen LogP) is 6.26. The topological polar surface area (TPSA) is 495 Å². The number of para-hydroxylation sites is 1. The number of amides is 10. The number of ether oxygens (including phenoxy) is 6. The van der Waals surface area contributed by atoms with Crippen LogP contribution in [-0.4, -0.2) is 236 Å². The van der Waals surface area contributed by atoms with Crippen LogP contribution in [0, 0.1) is 46.0 Å². The van der Waals surface area contributed by atoms with E-state index in [-0.39, 0.29) is 144 Å². The lowest BCUT2D eigenvalue weighted by Crippen LogP contribution is -2.62. The number of carbonyl (C=O) groups excluding carboxylic acids is 10. The molecule has 34 heteroatoms. The number of aliphatic hydroxyl groups excluding tert-OH is 5. The number of anilines is 2. The van der Waals surface area contributed by atoms with Crippen LogP contribution in [0.25, 0.3) is 0 Å². The number of hydrogen-bond acceptors (Lipinski definition) is 25. The number of carbonyl (C=O) groups is 10. The number of benzene rings is 4. The molecule has 0 bridgehead atoms. The first-order chi connectivity index (χ1) is 63.3. The standard InChI is InChI=1S/C98H136N12O22/c1-60(2)83(91(124)102-61(3)88(121)105-73(57-111)90(123)103-67-33-29-63-31-35-77-95(4,69(63)54-67)40-18-42-97(77,6)93(125)108-94(126)98(7)43-19-41-96(5)70-55-68(113)34-30-64(70)32-36-78(96)98)107-89(122)72(24-11-9-17-44-100-81(116)59-131-75-26-12-8-10-23-71(84(75)109-99)106-92-87(120)86(119)85(118)76(58-112)132-92)104-80(115)39-46-127-48-50-129-52-53-130-51-49-128-47-45-101-79(114)37-38-82(117)110-56-66-22-14-13-20-62(66)27-28-65-21-15-16-25-74(65)110/h13-16,20-22,25,29-30,33-34,54-55,60-61,72-73,75-78,83,85-87,92,99,106,111-113,118-120H,8-12,17-19,23-24,26,31-32,35-53,56-59H2,1-7H3,(H,100,116)(H,101,114)(H,102,124)(H,103,123)(H,104,115)(H,105,121)(H,107,122)(H,108,125,126)/b84-71-,109-99?/t61-,72+,73-,75?,76+,77+,78+,83-,85-,86-,87+,92+,95+,96+,97-,98-/m0/s1. The molecule has 7 aliphatic rings. The average molecular weight is 1830 g/mol. The third-order valence-corrected chi connectivity index (χ3v) is 27.8. The summed E-state index contributed by atoms with van der Waals surface area (Å²) in [6.07, 6.45) is 3.23. The van der Waals surface area contributed by atoms with Crippen molar-refractivity contribution < 1.29 is 107 Å². The molecule has 5 aliphatic carbocycles. The van der Waals surface area contributed by atoms with E-state index in [9.17, 15) is 78.6 Å². The number of nitrogens with zero attached hydrogens (tertiary/aromatic N) is 2. The minimum Gasteiger partial charge on any atom is -0.508 e. The second-order valence-corrected chi connectivity index (χ2v) is 37.3. The van der Waals surface area contributed by atoms with E-state index < -0.39 is 138 Å². The van der Waals surface area contributed by atoms with Crippen LogP contribution in [0.4, 0.5) is 11.4 Å². The Bertz CT molecular complexity index is 4810. The molecule has 2 aliphatic heterocycles. The predicted molar refractivity (Wildman–Crippen MR) is 487 cm³/mol. The van der Waals surface area contributed by atoms with Crippen LogP contribution in [0.3, 0.4) is 0 Å². The number of hydrogen-bond donors (Lipinski definition) is 16. The van der Waals surface area contributed by atoms with Crippen molar-refractivity contribution in [2.45, 2.75) is 268 Å². The second-order valence-electron chi connectivity index (χ2n) is 37.3. The van der Waals surface area contributed by atoms with Gasteiger partial charge in [-0.2, -0.15) is 5.11 Å². The number of rotatable bonds is 44. The number of fused-ring (bicyclic) bond motifs is 8. The fraction of sp³-hybridized carbons (Fsp3) is 0.612. The Labute approximate surface area is 772 Å². The molecule has 3 fully saturated rings. The zero-order valence-corrected chi connectivity index (χ0v) is 77.2. The van der Waals surface area contributed by atoms with Gasteiger partial charge in [-0.05, 0) is 189 Å². The van der Waals surface area contributed by atoms with Crippen LogP contribution in [0.1, 0.15) is 216 Å². The zero-order chi connectivity index (χ0) is 94.9. The summed E-state index contributed by atoms with van der Waals surface area (Å²) in [5, 5.41) is 91.5. The van der Waals surface area contributed by atoms with Crippen molar-refractivity contribution in [3.63, 3.8) is 0 Å². The number of unbranched alkanes of at least 4 members (excludes halogenated alkanes) is 2. The molecule has 0 radical (unpaired) electrons. The van der Waals surface area contributed by atoms with Gasteiger partial charge in [0, 0.05) is 54.9 Å². The molecular formula is C98H136N12O22. The van der Waals surface area contributed by atoms with E-state index >= 15 is 0 Å². The van der Waals surface area contributed by atoms with Gasteiger partial charge in [-0.25, -0.2) is 5.53 Å². The van der Waals surface area contributed by atoms with E-state index in [1.807, 2.05) is 86.6 Å². The third kappa shape index (κ3) is 25.9. The molecular weight excluding hydrogens is 1700 g/mol. The van der Waals surface area contributed by atoms with Gasteiger partial charge in [-0.1, -0.05) is 134 Å². The molecule has 34 nitrogen and oxygen atoms in total. The van der Waals surface area contributed by atoms with Gasteiger partial charge in [0.05, 0.1) is 89.1 Å². The number of phenolic OH excluding ortho intramolecular Hbond substituents is 1. The highest BCUT2D eigenvalue weighted by atomic mass is 16.6. The highest BCUT2D eigenvalue weighted by molar-refractivity contribution is 6.02. The molecule has 132 heavy (non-hydrogen) atoms. The van der Waals surface area contributed by atoms with Gasteiger partial charge < -0.3 is 106 Å². The van der Waals surface area contributed by atoms with E-state index in [0.717, 1.165) is 71.9 Å². The summed E-state index contributed by atoms with van der Waals surface area (Å²) in [6, 6.07) is 21.1. The van der Waals surface area contributed by atoms with Crippen molar-refractivity contribution in [2.75, 3.05) is 96.0 Å². The van der Waals surface area contributed by atoms with E-state index in [0.29, 0.717) is 101 Å². The number of nitrogens with one attached hydrogen (secondary N) is 10. The maximum Gasteiger partial charge on any atom is 0.249 e. The zero-order valence-electron chi connectivity index (χ0n) is 77.2. The number of aryl methyl sites for hydroxylation is 2. The number of aliphatic hydroxyl groups is 5. The molecule has 16 atom stereocenters. The summed E-state index contributed by atoms with van der Waals surface area (Å²) in [5.41, 5.74) is 13.8. The lowest BCUT2D eigenvalue weighted by Gasteiger charge is -2.56. The van der Waals surface area contributed by atoms with Gasteiger partial charge in [-0.15, -0.1) is 0 Å². The molecule has 0 spiro atoms. The molecule has 11 rings (SSSR count). The second kappa shape index (κ2) is 48.2. The minimum absolute atomic E-state index is 0.00236. The monoisotopic (exact) mass is 1830 g/mol. The van der Waals surface area contributed by atoms with Gasteiger partial charge >= 0.3 is 0 Å². The smallest absolute Gasteiger partial charge is 0.249 e. The summed E-state index contributed by atoms with van der Waals surface area (Å²) < 4.78 is 34.3. The van der Waals surface area contributed by atoms with Crippen LogP contribution in [-0.2, 0) is 107 Å². The largest absolute Gasteiger partial charge is 0.508 e. The molecule has 16 N–H and O–H groups in total. The Morgan fingerprint density at radius 3 is 1.85 bits per heavy atom. The SMILES string of the molecule is CC(C)[C@H](NC(=O)[C@@H](CCCCCNC(=O)COC1CCCCC/C(N[C@@H]2O[C@H](CO)[C@H](O)[C@H](O)[C@H]2O)=C\1N=N)NC(=O)CCOCCOCCOCCOCCNC(=O)CCC(=O)N1Cc2ccccc2C#Cc2ccccc21)C(=O)N[C@@H](C)C(=O)N[C@@H](CO)C(=O)Nc1ccc2c(c1)[C@@]1(C)CCC[C@](C)(C(=O)NC(=O)[C@@]3(C)CCC[C@]4(C)c5cc(O)ccc5CC[C@@H]34)[C@@H]1CC2. The fourth-order valence-electron chi connectivity index (χ4n) is 20.4. The Kier molecular flexibility index (Phi) is 37.3. The van der Waals surface area contributed by atoms with Crippen molar-refractivity contribution in [1.29, 1.82) is 5.53 Å². The van der Waals surface area contributed by atoms with Crippen LogP contribution >= 0.6 is 0 Å². The lowest BCUT2D eigenvalue weighted by molar-refractivity contribution is -0.234. The Morgan fingerprint density at radius 1 is 0.568 bits per heavy atom. The van der Waals surface area contributed by atoms with Crippen LogP contribution in [0.5, 0.6) is 5.75 Å². The first-order valence-electron chi connectivity index (χ1n) is 46.9. The molecule has 4 aromatic rings. The molecule has 1 saturated heterocycles. The normalized spacial score (nSPS) is 25.7. The summed E-state index contributed by atoms with van der Waals surface area (Å²) in [6.45, 7) is 13.5. The van der Waals surface area contributed by atoms with Crippen LogP contribution in [0.2, 0.25) is 0 Å². The molecule has 0 aromatic heterocycles. The maximum absolute atomic E-state index is 14.9. The van der Waals surface area contributed by atoms with E-state index in [4.69, 9.17) is 34.0 Å². The molecule has 2 heterocycles. The number of phenols is 1. The fourth-order valence-corrected chi connectivity index (χ4v) is 20.4. The van der Waals surface area contributed by atoms with Crippen molar-refractivity contribution in [3.8, 4) is 17.6 Å². The average Bonchev–Trinajstić information content (AvgIpc) is 0.719. The Morgan fingerprint density at radius 2 is 1.19 bits per heavy atom. The molecule has 2 saturated carbocycles. The van der Waals surface area contributed by atoms with E-state index in [1.54, 1.807) is 30.9 Å². The van der Waals surface area contributed by atoms with Gasteiger partial charge in [0.15, 0.2) is 6.23 Å². The van der Waals surface area contributed by atoms with Crippen LogP contribution < -0.4 is 52.8 Å². The van der Waals surface area contributed by atoms with Crippen molar-refractivity contribution in [3.05, 3.63) is 135 Å². The quantitative estimate of drug-likeness (QED) is 0.0100. The van der Waals surface area contributed by atoms with E-state index in [1.165, 1.54) is 12.5 Å². The molecule has 4 aromatic carbocycles. The van der Waals surface area contributed by atoms with Gasteiger partial charge in [-0.3, -0.25) is 53.3 Å². The van der Waals surface area contributed by atoms with Crippen LogP contribution in [0.15, 0.2) is 101 Å². The van der Waals surface area contributed by atoms with E-state index in [2.05, 4.69) is 78.7 Å². The van der Waals surface area contributed by atoms with Crippen molar-refractivity contribution >= 4 is 70.4 Å². The van der Waals surface area contributed by atoms with Gasteiger partial charge in [0.1, 0.15) is 72.7 Å². The highest BCUT2D eigenvalue weighted by Gasteiger charge is 2.59. The molecule has 720 valence electrons. The summed E-state index contributed by atoms with van der Waals surface area (Å²) in [4.78, 5) is 141. The maximum atomic E-state index is 14.9. The molecule has 10 amide bonds. The Hall–Kier alpha value is -10.2. The number of allylic oxidation sites excluding steroid dienone is 1. The number of imide groups is 1. The Balaban J connectivity index is 0.625. The van der Waals surface area contributed by atoms with Crippen molar-refractivity contribution in [2.24, 2.45) is 33.7 Å². The first kappa shape index (κ1) is 102. The summed E-state index contributed by atoms with van der Waals surface area (Å²) in [5.74, 6) is 0.723. The summed E-state index contributed by atoms with van der Waals surface area (Å²) in [7, 11) is 0. The van der Waals surface area contributed by atoms with Gasteiger partial charge in [0.2, 0.25) is 59.1 Å². The lowest BCUT2D eigenvalue weighted by atomic mass is 9.49. The highest BCUT2D eigenvalue weighted by Crippen LogP contribution is 2.60. The molecule has 1 unspecified atom stereocenters. The van der Waals surface area contributed by atoms with Gasteiger partial charge in [0.25, 0.3) is 0 Å². The number of aromatic hydroxyl groups is 1. The summed E-state index contributed by atoms with van der Waals surface area (Å²) >= 11 is 0. The van der Waals surface area contributed by atoms with Crippen molar-refractivity contribution in [1.82, 2.24) is 42.5 Å². The third-order valence-electron chi connectivity index (χ3n) is 27.8. The minimum atomic E-state index is -1.64.